The van der Waals surface area contributed by atoms with Gasteiger partial charge < -0.3 is 0 Å². The third-order valence-electron chi connectivity index (χ3n) is 4.30. The number of hydrogen-bond donors (Lipinski definition) is 0. The summed E-state index contributed by atoms with van der Waals surface area (Å²) < 4.78 is 0. The molecule has 2 nitrogen and oxygen atoms in total. The molecule has 0 fully saturated rings. The fourth-order valence-electron chi connectivity index (χ4n) is 3.51. The van der Waals surface area contributed by atoms with Gasteiger partial charge in [-0.05, 0) is 41.1 Å². The first-order valence-corrected chi connectivity index (χ1v) is 7.00. The maximum atomic E-state index is 4.49. The molecule has 1 aromatic rings. The first-order chi connectivity index (χ1) is 8.21. The summed E-state index contributed by atoms with van der Waals surface area (Å²) >= 11 is 0. The SMILES string of the molecule is CC(C)(C)C1CCc2ncncc2C1C(C)(C)C. The van der Waals surface area contributed by atoms with Crippen LogP contribution in [-0.2, 0) is 6.42 Å². The van der Waals surface area contributed by atoms with Gasteiger partial charge in [-0.1, -0.05) is 41.5 Å². The van der Waals surface area contributed by atoms with Crippen LogP contribution in [0.15, 0.2) is 12.5 Å². The molecule has 0 spiro atoms. The van der Waals surface area contributed by atoms with E-state index in [2.05, 4.69) is 57.7 Å². The van der Waals surface area contributed by atoms with Crippen LogP contribution in [0.5, 0.6) is 0 Å². The van der Waals surface area contributed by atoms with Crippen LogP contribution in [0.4, 0.5) is 0 Å². The Morgan fingerprint density at radius 3 is 2.28 bits per heavy atom. The van der Waals surface area contributed by atoms with E-state index >= 15 is 0 Å². The summed E-state index contributed by atoms with van der Waals surface area (Å²) in [4.78, 5) is 8.76. The number of aromatic nitrogens is 2. The molecule has 0 amide bonds. The van der Waals surface area contributed by atoms with Crippen LogP contribution >= 0.6 is 0 Å². The van der Waals surface area contributed by atoms with E-state index in [0.29, 0.717) is 17.3 Å². The summed E-state index contributed by atoms with van der Waals surface area (Å²) in [6.45, 7) is 14.1. The number of aryl methyl sites for hydroxylation is 1. The van der Waals surface area contributed by atoms with Crippen molar-refractivity contribution in [2.75, 3.05) is 0 Å². The first-order valence-electron chi connectivity index (χ1n) is 7.00. The largest absolute Gasteiger partial charge is 0.245 e. The predicted octanol–water partition coefficient (Wildman–Crippen LogP) is 4.21. The number of fused-ring (bicyclic) bond motifs is 1. The lowest BCUT2D eigenvalue weighted by atomic mass is 9.58. The Bertz CT molecular complexity index is 423. The third-order valence-corrected chi connectivity index (χ3v) is 4.30. The highest BCUT2D eigenvalue weighted by molar-refractivity contribution is 5.28. The molecule has 0 aliphatic heterocycles. The molecule has 0 aromatic carbocycles. The van der Waals surface area contributed by atoms with E-state index in [1.165, 1.54) is 17.7 Å². The zero-order chi connectivity index (χ0) is 13.6. The van der Waals surface area contributed by atoms with Crippen LogP contribution < -0.4 is 0 Å². The summed E-state index contributed by atoms with van der Waals surface area (Å²) in [7, 11) is 0. The second-order valence-corrected chi connectivity index (χ2v) is 7.78. The van der Waals surface area contributed by atoms with Gasteiger partial charge in [-0.15, -0.1) is 0 Å². The monoisotopic (exact) mass is 246 g/mol. The van der Waals surface area contributed by atoms with Crippen LogP contribution in [0, 0.1) is 16.7 Å². The topological polar surface area (TPSA) is 25.8 Å². The molecule has 1 heterocycles. The molecule has 2 unspecified atom stereocenters. The Morgan fingerprint density at radius 1 is 1.06 bits per heavy atom. The minimum atomic E-state index is 0.262. The van der Waals surface area contributed by atoms with Gasteiger partial charge in [0.1, 0.15) is 6.33 Å². The lowest BCUT2D eigenvalue weighted by Crippen LogP contribution is -2.38. The molecule has 0 N–H and O–H groups in total. The molecule has 0 bridgehead atoms. The maximum Gasteiger partial charge on any atom is 0.115 e. The van der Waals surface area contributed by atoms with Crippen molar-refractivity contribution in [3.8, 4) is 0 Å². The van der Waals surface area contributed by atoms with Crippen LogP contribution in [0.1, 0.15) is 65.1 Å². The van der Waals surface area contributed by atoms with Gasteiger partial charge in [0, 0.05) is 11.9 Å². The molecule has 18 heavy (non-hydrogen) atoms. The standard InChI is InChI=1S/C16H26N2/c1-15(2,3)12-7-8-13-11(9-17-10-18-13)14(12)16(4,5)6/h9-10,12,14H,7-8H2,1-6H3. The van der Waals surface area contributed by atoms with Crippen LogP contribution in [0.25, 0.3) is 0 Å². The second kappa shape index (κ2) is 4.32. The quantitative estimate of drug-likeness (QED) is 0.685. The molecule has 0 radical (unpaired) electrons. The fourth-order valence-corrected chi connectivity index (χ4v) is 3.51. The van der Waals surface area contributed by atoms with E-state index in [4.69, 9.17) is 0 Å². The van der Waals surface area contributed by atoms with Gasteiger partial charge in [0.05, 0.1) is 0 Å². The summed E-state index contributed by atoms with van der Waals surface area (Å²) in [6, 6.07) is 0. The van der Waals surface area contributed by atoms with Gasteiger partial charge in [0.2, 0.25) is 0 Å². The first kappa shape index (κ1) is 13.5. The highest BCUT2D eigenvalue weighted by Gasteiger charge is 2.43. The van der Waals surface area contributed by atoms with Gasteiger partial charge >= 0.3 is 0 Å². The molecule has 1 aromatic heterocycles. The van der Waals surface area contributed by atoms with Crippen molar-refractivity contribution in [2.24, 2.45) is 16.7 Å². The van der Waals surface area contributed by atoms with E-state index in [1.807, 2.05) is 0 Å². The molecule has 0 saturated heterocycles. The second-order valence-electron chi connectivity index (χ2n) is 7.78. The zero-order valence-corrected chi connectivity index (χ0v) is 12.6. The van der Waals surface area contributed by atoms with Crippen LogP contribution in [0.2, 0.25) is 0 Å². The zero-order valence-electron chi connectivity index (χ0n) is 12.6. The molecule has 1 aliphatic carbocycles. The molecule has 1 aliphatic rings. The van der Waals surface area contributed by atoms with Crippen molar-refractivity contribution in [1.82, 2.24) is 9.97 Å². The van der Waals surface area contributed by atoms with Gasteiger partial charge in [-0.2, -0.15) is 0 Å². The summed E-state index contributed by atoms with van der Waals surface area (Å²) in [5.74, 6) is 1.26. The van der Waals surface area contributed by atoms with E-state index in [1.54, 1.807) is 6.33 Å². The van der Waals surface area contributed by atoms with Gasteiger partial charge in [-0.3, -0.25) is 0 Å². The minimum Gasteiger partial charge on any atom is -0.245 e. The number of hydrogen-bond acceptors (Lipinski definition) is 2. The normalized spacial score (nSPS) is 24.8. The Hall–Kier alpha value is -0.920. The maximum absolute atomic E-state index is 4.49. The molecule has 100 valence electrons. The Balaban J connectivity index is 2.50. The van der Waals surface area contributed by atoms with Gasteiger partial charge in [0.15, 0.2) is 0 Å². The van der Waals surface area contributed by atoms with Crippen molar-refractivity contribution in [3.63, 3.8) is 0 Å². The van der Waals surface area contributed by atoms with Crippen LogP contribution in [0.3, 0.4) is 0 Å². The Kier molecular flexibility index (Phi) is 3.25. The molecular formula is C16H26N2. The van der Waals surface area contributed by atoms with E-state index in [-0.39, 0.29) is 5.41 Å². The lowest BCUT2D eigenvalue weighted by molar-refractivity contribution is 0.107. The smallest absolute Gasteiger partial charge is 0.115 e. The fraction of sp³-hybridized carbons (Fsp3) is 0.750. The Morgan fingerprint density at radius 2 is 1.72 bits per heavy atom. The molecule has 2 atom stereocenters. The van der Waals surface area contributed by atoms with E-state index < -0.39 is 0 Å². The summed E-state index contributed by atoms with van der Waals surface area (Å²) in [5.41, 5.74) is 3.25. The molecule has 0 saturated carbocycles. The van der Waals surface area contributed by atoms with E-state index in [0.717, 1.165) is 6.42 Å². The molecule has 2 heteroatoms. The average molecular weight is 246 g/mol. The third kappa shape index (κ3) is 2.43. The lowest BCUT2D eigenvalue weighted by Gasteiger charge is -2.47. The summed E-state index contributed by atoms with van der Waals surface area (Å²) in [6.07, 6.45) is 6.09. The van der Waals surface area contributed by atoms with Crippen molar-refractivity contribution in [2.45, 2.75) is 60.3 Å². The molecule has 2 rings (SSSR count). The molecular weight excluding hydrogens is 220 g/mol. The van der Waals surface area contributed by atoms with Gasteiger partial charge in [-0.25, -0.2) is 9.97 Å². The summed E-state index contributed by atoms with van der Waals surface area (Å²) in [5, 5.41) is 0. The van der Waals surface area contributed by atoms with Crippen molar-refractivity contribution < 1.29 is 0 Å². The number of nitrogens with zero attached hydrogens (tertiary/aromatic N) is 2. The Labute approximate surface area is 111 Å². The van der Waals surface area contributed by atoms with Crippen molar-refractivity contribution in [1.29, 1.82) is 0 Å². The van der Waals surface area contributed by atoms with Gasteiger partial charge in [0.25, 0.3) is 0 Å². The predicted molar refractivity (Wildman–Crippen MR) is 75.5 cm³/mol. The highest BCUT2D eigenvalue weighted by Crippen LogP contribution is 2.52. The van der Waals surface area contributed by atoms with Crippen LogP contribution in [-0.4, -0.2) is 9.97 Å². The number of rotatable bonds is 0. The highest BCUT2D eigenvalue weighted by atomic mass is 14.8. The van der Waals surface area contributed by atoms with Crippen molar-refractivity contribution >= 4 is 0 Å². The minimum absolute atomic E-state index is 0.262. The average Bonchev–Trinajstić information content (AvgIpc) is 2.24. The van der Waals surface area contributed by atoms with E-state index in [9.17, 15) is 0 Å². The van der Waals surface area contributed by atoms with Crippen molar-refractivity contribution in [3.05, 3.63) is 23.8 Å².